The lowest BCUT2D eigenvalue weighted by atomic mass is 9.97. The first-order valence-corrected chi connectivity index (χ1v) is 8.65. The second kappa shape index (κ2) is 6.81. The molecule has 3 heterocycles. The highest BCUT2D eigenvalue weighted by molar-refractivity contribution is 5.75. The summed E-state index contributed by atoms with van der Waals surface area (Å²) >= 11 is 0. The van der Waals surface area contributed by atoms with Gasteiger partial charge in [0.15, 0.2) is 0 Å². The predicted octanol–water partition coefficient (Wildman–Crippen LogP) is 2.18. The number of para-hydroxylation sites is 2. The van der Waals surface area contributed by atoms with Crippen molar-refractivity contribution in [1.29, 1.82) is 0 Å². The molecule has 2 aliphatic rings. The number of piperidine rings is 1. The molecule has 1 aromatic carbocycles. The van der Waals surface area contributed by atoms with Gasteiger partial charge in [0.2, 0.25) is 0 Å². The van der Waals surface area contributed by atoms with Gasteiger partial charge in [-0.25, -0.2) is 4.98 Å². The summed E-state index contributed by atoms with van der Waals surface area (Å²) in [6.45, 7) is 7.27. The third-order valence-electron chi connectivity index (χ3n) is 4.90. The molecule has 122 valence electrons. The second-order valence-electron chi connectivity index (χ2n) is 6.58. The van der Waals surface area contributed by atoms with Crippen molar-refractivity contribution in [2.24, 2.45) is 5.92 Å². The van der Waals surface area contributed by atoms with Crippen molar-refractivity contribution in [3.63, 3.8) is 0 Å². The predicted molar refractivity (Wildman–Crippen MR) is 91.7 cm³/mol. The van der Waals surface area contributed by atoms with Crippen molar-refractivity contribution in [3.8, 4) is 0 Å². The number of hydrogen-bond donors (Lipinski definition) is 0. The third kappa shape index (κ3) is 3.46. The molecule has 2 aromatic rings. The van der Waals surface area contributed by atoms with Crippen molar-refractivity contribution in [2.45, 2.75) is 12.8 Å². The van der Waals surface area contributed by atoms with Crippen LogP contribution in [0.3, 0.4) is 0 Å². The van der Waals surface area contributed by atoms with E-state index in [4.69, 9.17) is 9.72 Å². The maximum atomic E-state index is 5.45. The highest BCUT2D eigenvalue weighted by Crippen LogP contribution is 2.23. The average Bonchev–Trinajstić information content (AvgIpc) is 2.62. The van der Waals surface area contributed by atoms with E-state index < -0.39 is 0 Å². The topological polar surface area (TPSA) is 41.5 Å². The molecular formula is C18H24N4O. The van der Waals surface area contributed by atoms with Gasteiger partial charge < -0.3 is 9.64 Å². The molecule has 2 fully saturated rings. The lowest BCUT2D eigenvalue weighted by molar-refractivity contribution is 0.0296. The van der Waals surface area contributed by atoms with Crippen LogP contribution in [-0.4, -0.2) is 60.8 Å². The molecule has 23 heavy (non-hydrogen) atoms. The molecule has 0 bridgehead atoms. The van der Waals surface area contributed by atoms with E-state index in [2.05, 4.69) is 14.8 Å². The summed E-state index contributed by atoms with van der Waals surface area (Å²) in [6.07, 6.45) is 4.48. The lowest BCUT2D eigenvalue weighted by Gasteiger charge is -2.37. The van der Waals surface area contributed by atoms with Crippen LogP contribution >= 0.6 is 0 Å². The largest absolute Gasteiger partial charge is 0.379 e. The van der Waals surface area contributed by atoms with Crippen molar-refractivity contribution >= 4 is 16.9 Å². The highest BCUT2D eigenvalue weighted by atomic mass is 16.5. The second-order valence-corrected chi connectivity index (χ2v) is 6.58. The molecule has 0 radical (unpaired) electrons. The number of benzene rings is 1. The van der Waals surface area contributed by atoms with Crippen molar-refractivity contribution in [3.05, 3.63) is 30.5 Å². The van der Waals surface area contributed by atoms with Gasteiger partial charge in [-0.15, -0.1) is 0 Å². The van der Waals surface area contributed by atoms with Crippen LogP contribution < -0.4 is 4.90 Å². The van der Waals surface area contributed by atoms with E-state index in [9.17, 15) is 0 Å². The molecule has 4 rings (SSSR count). The van der Waals surface area contributed by atoms with Crippen LogP contribution in [-0.2, 0) is 4.74 Å². The minimum absolute atomic E-state index is 0.718. The van der Waals surface area contributed by atoms with E-state index in [1.54, 1.807) is 0 Å². The molecule has 0 spiro atoms. The fraction of sp³-hybridized carbons (Fsp3) is 0.556. The summed E-state index contributed by atoms with van der Waals surface area (Å²) in [4.78, 5) is 14.3. The standard InChI is InChI=1S/C18H24N4O/c1-2-6-17-16(5-1)19-12-18(20-17)22-7-3-4-15(14-22)13-21-8-10-23-11-9-21/h1-2,5-6,12,15H,3-4,7-11,13-14H2/t15-/m1/s1. The highest BCUT2D eigenvalue weighted by Gasteiger charge is 2.24. The van der Waals surface area contributed by atoms with E-state index in [1.807, 2.05) is 30.5 Å². The SMILES string of the molecule is c1ccc2nc(N3CCC[C@H](CN4CCOCC4)C3)cnc2c1. The number of morpholine rings is 1. The first-order chi connectivity index (χ1) is 11.4. The van der Waals surface area contributed by atoms with E-state index in [1.165, 1.54) is 19.4 Å². The zero-order chi connectivity index (χ0) is 15.5. The summed E-state index contributed by atoms with van der Waals surface area (Å²) < 4.78 is 5.45. The number of hydrogen-bond acceptors (Lipinski definition) is 5. The summed E-state index contributed by atoms with van der Waals surface area (Å²) in [6, 6.07) is 8.10. The van der Waals surface area contributed by atoms with E-state index in [0.717, 1.165) is 62.2 Å². The van der Waals surface area contributed by atoms with Gasteiger partial charge in [0.05, 0.1) is 30.4 Å². The number of aromatic nitrogens is 2. The molecule has 0 N–H and O–H groups in total. The van der Waals surface area contributed by atoms with Gasteiger partial charge in [0, 0.05) is 32.7 Å². The zero-order valence-corrected chi connectivity index (χ0v) is 13.5. The molecule has 2 aliphatic heterocycles. The fourth-order valence-electron chi connectivity index (χ4n) is 3.67. The number of fused-ring (bicyclic) bond motifs is 1. The Morgan fingerprint density at radius 1 is 1.09 bits per heavy atom. The first-order valence-electron chi connectivity index (χ1n) is 8.65. The maximum Gasteiger partial charge on any atom is 0.147 e. The fourth-order valence-corrected chi connectivity index (χ4v) is 3.67. The zero-order valence-electron chi connectivity index (χ0n) is 13.5. The van der Waals surface area contributed by atoms with Gasteiger partial charge in [0.25, 0.3) is 0 Å². The Bertz CT molecular complexity index is 656. The van der Waals surface area contributed by atoms with Crippen LogP contribution in [0, 0.1) is 5.92 Å². The number of anilines is 1. The van der Waals surface area contributed by atoms with Crippen LogP contribution in [0.5, 0.6) is 0 Å². The Labute approximate surface area is 137 Å². The van der Waals surface area contributed by atoms with Gasteiger partial charge in [-0.2, -0.15) is 0 Å². The third-order valence-corrected chi connectivity index (χ3v) is 4.90. The van der Waals surface area contributed by atoms with Gasteiger partial charge in [-0.1, -0.05) is 12.1 Å². The van der Waals surface area contributed by atoms with Crippen LogP contribution in [0.4, 0.5) is 5.82 Å². The molecular weight excluding hydrogens is 288 g/mol. The van der Waals surface area contributed by atoms with Crippen LogP contribution in [0.1, 0.15) is 12.8 Å². The maximum absolute atomic E-state index is 5.45. The molecule has 0 aliphatic carbocycles. The minimum atomic E-state index is 0.718. The van der Waals surface area contributed by atoms with Gasteiger partial charge in [0.1, 0.15) is 5.82 Å². The van der Waals surface area contributed by atoms with Gasteiger partial charge >= 0.3 is 0 Å². The normalized spacial score (nSPS) is 23.3. The van der Waals surface area contributed by atoms with Gasteiger partial charge in [-0.05, 0) is 30.9 Å². The average molecular weight is 312 g/mol. The van der Waals surface area contributed by atoms with Crippen molar-refractivity contribution in [1.82, 2.24) is 14.9 Å². The quantitative estimate of drug-likeness (QED) is 0.869. The Morgan fingerprint density at radius 3 is 2.78 bits per heavy atom. The molecule has 0 amide bonds. The molecule has 0 unspecified atom stereocenters. The minimum Gasteiger partial charge on any atom is -0.379 e. The van der Waals surface area contributed by atoms with E-state index in [0.29, 0.717) is 0 Å². The smallest absolute Gasteiger partial charge is 0.147 e. The monoisotopic (exact) mass is 312 g/mol. The summed E-state index contributed by atoms with van der Waals surface area (Å²) in [5.74, 6) is 1.74. The summed E-state index contributed by atoms with van der Waals surface area (Å²) in [5.41, 5.74) is 1.96. The van der Waals surface area contributed by atoms with Gasteiger partial charge in [-0.3, -0.25) is 9.88 Å². The number of rotatable bonds is 3. The lowest BCUT2D eigenvalue weighted by Crippen LogP contribution is -2.44. The Morgan fingerprint density at radius 2 is 1.91 bits per heavy atom. The molecule has 1 aromatic heterocycles. The molecule has 5 heteroatoms. The first kappa shape index (κ1) is 14.8. The molecule has 5 nitrogen and oxygen atoms in total. The van der Waals surface area contributed by atoms with E-state index >= 15 is 0 Å². The van der Waals surface area contributed by atoms with Crippen LogP contribution in [0.2, 0.25) is 0 Å². The molecule has 0 saturated carbocycles. The Kier molecular flexibility index (Phi) is 4.39. The molecule has 2 saturated heterocycles. The molecule has 1 atom stereocenters. The van der Waals surface area contributed by atoms with Crippen molar-refractivity contribution in [2.75, 3.05) is 50.8 Å². The van der Waals surface area contributed by atoms with Crippen LogP contribution in [0.25, 0.3) is 11.0 Å². The summed E-state index contributed by atoms with van der Waals surface area (Å²) in [7, 11) is 0. The van der Waals surface area contributed by atoms with Crippen molar-refractivity contribution < 1.29 is 4.74 Å². The number of ether oxygens (including phenoxy) is 1. The Balaban J connectivity index is 1.45. The van der Waals surface area contributed by atoms with Crippen LogP contribution in [0.15, 0.2) is 30.5 Å². The summed E-state index contributed by atoms with van der Waals surface area (Å²) in [5, 5.41) is 0. The Hall–Kier alpha value is -1.72. The van der Waals surface area contributed by atoms with E-state index in [-0.39, 0.29) is 0 Å². The number of nitrogens with zero attached hydrogens (tertiary/aromatic N) is 4.